The van der Waals surface area contributed by atoms with Crippen LogP contribution >= 0.6 is 0 Å². The van der Waals surface area contributed by atoms with Crippen LogP contribution in [0, 0.1) is 5.92 Å². The molecule has 108 valence electrons. The standard InChI is InChI=1S/C14H24N2O2S/c1-4-16-19(17,18)14-9-7-13(8-10-14)15-11-5-6-12(2)3/h7-10,12,15-16H,4-6,11H2,1-3H3. The topological polar surface area (TPSA) is 58.2 Å². The van der Waals surface area contributed by atoms with Crippen molar-refractivity contribution in [2.45, 2.75) is 38.5 Å². The highest BCUT2D eigenvalue weighted by Gasteiger charge is 2.11. The van der Waals surface area contributed by atoms with E-state index in [1.165, 1.54) is 6.42 Å². The van der Waals surface area contributed by atoms with Gasteiger partial charge in [-0.3, -0.25) is 0 Å². The van der Waals surface area contributed by atoms with E-state index in [9.17, 15) is 8.42 Å². The third-order valence-corrected chi connectivity index (χ3v) is 4.35. The van der Waals surface area contributed by atoms with E-state index < -0.39 is 10.0 Å². The summed E-state index contributed by atoms with van der Waals surface area (Å²) in [5.74, 6) is 0.717. The van der Waals surface area contributed by atoms with E-state index >= 15 is 0 Å². The molecule has 5 heteroatoms. The first-order valence-corrected chi connectivity index (χ1v) is 8.27. The van der Waals surface area contributed by atoms with Crippen molar-refractivity contribution in [2.75, 3.05) is 18.4 Å². The molecule has 19 heavy (non-hydrogen) atoms. The molecule has 0 aromatic heterocycles. The van der Waals surface area contributed by atoms with Crippen LogP contribution < -0.4 is 10.0 Å². The van der Waals surface area contributed by atoms with Gasteiger partial charge in [-0.2, -0.15) is 0 Å². The maximum atomic E-state index is 11.7. The molecule has 0 amide bonds. The fourth-order valence-corrected chi connectivity index (χ4v) is 2.81. The number of hydrogen-bond acceptors (Lipinski definition) is 3. The number of benzene rings is 1. The van der Waals surface area contributed by atoms with Crippen LogP contribution in [0.2, 0.25) is 0 Å². The van der Waals surface area contributed by atoms with Crippen LogP contribution in [-0.2, 0) is 10.0 Å². The summed E-state index contributed by atoms with van der Waals surface area (Å²) < 4.78 is 26.0. The first-order chi connectivity index (χ1) is 8.95. The summed E-state index contributed by atoms with van der Waals surface area (Å²) in [6.45, 7) is 7.50. The van der Waals surface area contributed by atoms with Crippen LogP contribution in [0.3, 0.4) is 0 Å². The Bertz CT molecular complexity index is 467. The molecule has 1 rings (SSSR count). The lowest BCUT2D eigenvalue weighted by Gasteiger charge is -2.09. The Kier molecular flexibility index (Phi) is 6.31. The largest absolute Gasteiger partial charge is 0.385 e. The van der Waals surface area contributed by atoms with Crippen molar-refractivity contribution in [1.82, 2.24) is 4.72 Å². The average molecular weight is 284 g/mol. The van der Waals surface area contributed by atoms with Gasteiger partial charge in [-0.1, -0.05) is 20.8 Å². The molecule has 0 unspecified atom stereocenters. The first-order valence-electron chi connectivity index (χ1n) is 6.79. The Hall–Kier alpha value is -1.07. The van der Waals surface area contributed by atoms with Gasteiger partial charge in [0.05, 0.1) is 4.90 Å². The third-order valence-electron chi connectivity index (χ3n) is 2.79. The minimum atomic E-state index is -3.34. The van der Waals surface area contributed by atoms with Gasteiger partial charge in [-0.25, -0.2) is 13.1 Å². The molecule has 1 aromatic carbocycles. The van der Waals surface area contributed by atoms with Crippen molar-refractivity contribution in [3.05, 3.63) is 24.3 Å². The molecule has 0 atom stereocenters. The SMILES string of the molecule is CCNS(=O)(=O)c1ccc(NCCCC(C)C)cc1. The molecule has 0 saturated carbocycles. The van der Waals surface area contributed by atoms with Crippen molar-refractivity contribution >= 4 is 15.7 Å². The minimum Gasteiger partial charge on any atom is -0.385 e. The number of hydrogen-bond donors (Lipinski definition) is 2. The Balaban J connectivity index is 2.52. The molecule has 0 fully saturated rings. The molecule has 0 aliphatic rings. The second-order valence-electron chi connectivity index (χ2n) is 4.99. The summed E-state index contributed by atoms with van der Waals surface area (Å²) in [5, 5.41) is 3.30. The summed E-state index contributed by atoms with van der Waals surface area (Å²) in [7, 11) is -3.34. The lowest BCUT2D eigenvalue weighted by atomic mass is 10.1. The van der Waals surface area contributed by atoms with Crippen molar-refractivity contribution in [2.24, 2.45) is 5.92 Å². The molecular formula is C14H24N2O2S. The fourth-order valence-electron chi connectivity index (χ4n) is 1.77. The Morgan fingerprint density at radius 2 is 1.79 bits per heavy atom. The quantitative estimate of drug-likeness (QED) is 0.722. The molecule has 4 nitrogen and oxygen atoms in total. The monoisotopic (exact) mass is 284 g/mol. The Morgan fingerprint density at radius 1 is 1.16 bits per heavy atom. The summed E-state index contributed by atoms with van der Waals surface area (Å²) >= 11 is 0. The normalized spacial score (nSPS) is 11.8. The lowest BCUT2D eigenvalue weighted by molar-refractivity contribution is 0.567. The van der Waals surface area contributed by atoms with Gasteiger partial charge in [0.25, 0.3) is 0 Å². The van der Waals surface area contributed by atoms with E-state index in [1.54, 1.807) is 31.2 Å². The van der Waals surface area contributed by atoms with Gasteiger partial charge < -0.3 is 5.32 Å². The van der Waals surface area contributed by atoms with Crippen molar-refractivity contribution < 1.29 is 8.42 Å². The first kappa shape index (κ1) is 16.0. The second-order valence-corrected chi connectivity index (χ2v) is 6.76. The molecule has 2 N–H and O–H groups in total. The van der Waals surface area contributed by atoms with Gasteiger partial charge in [0.15, 0.2) is 0 Å². The van der Waals surface area contributed by atoms with E-state index in [1.807, 2.05) is 0 Å². The molecule has 0 saturated heterocycles. The minimum absolute atomic E-state index is 0.307. The Morgan fingerprint density at radius 3 is 2.32 bits per heavy atom. The van der Waals surface area contributed by atoms with E-state index in [4.69, 9.17) is 0 Å². The summed E-state index contributed by atoms with van der Waals surface area (Å²) in [6, 6.07) is 6.87. The molecule has 0 aliphatic carbocycles. The van der Waals surface area contributed by atoms with Gasteiger partial charge in [0, 0.05) is 18.8 Å². The van der Waals surface area contributed by atoms with Crippen LogP contribution in [-0.4, -0.2) is 21.5 Å². The molecule has 0 bridgehead atoms. The van der Waals surface area contributed by atoms with Gasteiger partial charge in [-0.05, 0) is 43.0 Å². The third kappa shape index (κ3) is 5.61. The maximum absolute atomic E-state index is 11.7. The van der Waals surface area contributed by atoms with Crippen molar-refractivity contribution in [1.29, 1.82) is 0 Å². The van der Waals surface area contributed by atoms with Crippen LogP contribution in [0.15, 0.2) is 29.2 Å². The summed E-state index contributed by atoms with van der Waals surface area (Å²) in [4.78, 5) is 0.307. The van der Waals surface area contributed by atoms with Crippen molar-refractivity contribution in [3.63, 3.8) is 0 Å². The zero-order valence-corrected chi connectivity index (χ0v) is 12.8. The van der Waals surface area contributed by atoms with Crippen LogP contribution in [0.1, 0.15) is 33.6 Å². The molecular weight excluding hydrogens is 260 g/mol. The van der Waals surface area contributed by atoms with Crippen LogP contribution in [0.5, 0.6) is 0 Å². The van der Waals surface area contributed by atoms with E-state index in [2.05, 4.69) is 23.9 Å². The van der Waals surface area contributed by atoms with Gasteiger partial charge in [0.2, 0.25) is 10.0 Å². The van der Waals surface area contributed by atoms with Gasteiger partial charge >= 0.3 is 0 Å². The van der Waals surface area contributed by atoms with Crippen LogP contribution in [0.25, 0.3) is 0 Å². The number of anilines is 1. The van der Waals surface area contributed by atoms with E-state index in [-0.39, 0.29) is 0 Å². The van der Waals surface area contributed by atoms with Gasteiger partial charge in [-0.15, -0.1) is 0 Å². The smallest absolute Gasteiger partial charge is 0.240 e. The highest BCUT2D eigenvalue weighted by atomic mass is 32.2. The molecule has 0 heterocycles. The molecule has 0 aliphatic heterocycles. The van der Waals surface area contributed by atoms with E-state index in [0.29, 0.717) is 11.4 Å². The maximum Gasteiger partial charge on any atom is 0.240 e. The number of sulfonamides is 1. The van der Waals surface area contributed by atoms with Crippen LogP contribution in [0.4, 0.5) is 5.69 Å². The zero-order valence-electron chi connectivity index (χ0n) is 11.9. The molecule has 0 radical (unpaired) electrons. The fraction of sp³-hybridized carbons (Fsp3) is 0.571. The number of nitrogens with one attached hydrogen (secondary N) is 2. The predicted octanol–water partition coefficient (Wildman–Crippen LogP) is 2.83. The molecule has 0 spiro atoms. The lowest BCUT2D eigenvalue weighted by Crippen LogP contribution is -2.23. The van der Waals surface area contributed by atoms with E-state index in [0.717, 1.165) is 24.6 Å². The predicted molar refractivity (Wildman–Crippen MR) is 79.9 cm³/mol. The highest BCUT2D eigenvalue weighted by molar-refractivity contribution is 7.89. The average Bonchev–Trinajstić information content (AvgIpc) is 2.35. The Labute approximate surface area is 116 Å². The zero-order chi connectivity index (χ0) is 14.3. The number of rotatable bonds is 8. The summed E-state index contributed by atoms with van der Waals surface area (Å²) in [6.07, 6.45) is 2.31. The second kappa shape index (κ2) is 7.50. The molecule has 1 aromatic rings. The van der Waals surface area contributed by atoms with Crippen molar-refractivity contribution in [3.8, 4) is 0 Å². The van der Waals surface area contributed by atoms with Gasteiger partial charge in [0.1, 0.15) is 0 Å². The highest BCUT2D eigenvalue weighted by Crippen LogP contribution is 2.14. The summed E-state index contributed by atoms with van der Waals surface area (Å²) in [5.41, 5.74) is 0.958.